The lowest BCUT2D eigenvalue weighted by Crippen LogP contribution is -2.42. The maximum absolute atomic E-state index is 13.4. The molecule has 10 nitrogen and oxygen atoms in total. The van der Waals surface area contributed by atoms with Crippen LogP contribution in [0, 0.1) is 12.7 Å². The van der Waals surface area contributed by atoms with Crippen LogP contribution in [0.3, 0.4) is 0 Å². The van der Waals surface area contributed by atoms with Crippen molar-refractivity contribution in [1.29, 1.82) is 0 Å². The number of hydrogen-bond acceptors (Lipinski definition) is 8. The van der Waals surface area contributed by atoms with E-state index in [4.69, 9.17) is 4.74 Å². The number of amides is 1. The van der Waals surface area contributed by atoms with Crippen LogP contribution in [0.4, 0.5) is 4.39 Å². The molecule has 1 unspecified atom stereocenters. The molecular formula is C30H33FN4O6S2. The molecule has 0 aliphatic heterocycles. The summed E-state index contributed by atoms with van der Waals surface area (Å²) in [7, 11) is -3.43. The molecule has 2 heterocycles. The van der Waals surface area contributed by atoms with E-state index in [0.29, 0.717) is 30.6 Å². The van der Waals surface area contributed by atoms with Crippen molar-refractivity contribution >= 4 is 33.1 Å². The number of aryl methyl sites for hydroxylation is 3. The second kappa shape index (κ2) is 14.5. The third-order valence-corrected chi connectivity index (χ3v) is 8.66. The Hall–Kier alpha value is -3.94. The topological polar surface area (TPSA) is 151 Å². The number of carboxylic acid groups (broad SMARTS) is 1. The molecular weight excluding hydrogens is 595 g/mol. The van der Waals surface area contributed by atoms with Gasteiger partial charge in [0.25, 0.3) is 5.91 Å². The fourth-order valence-corrected chi connectivity index (χ4v) is 5.92. The number of aromatic amines is 1. The summed E-state index contributed by atoms with van der Waals surface area (Å²) < 4.78 is 42.7. The van der Waals surface area contributed by atoms with Crippen LogP contribution >= 0.6 is 11.3 Å². The Morgan fingerprint density at radius 1 is 1.12 bits per heavy atom. The first-order chi connectivity index (χ1) is 20.5. The Bertz CT molecular complexity index is 1640. The first-order valence-corrected chi connectivity index (χ1v) is 16.5. The fourth-order valence-electron chi connectivity index (χ4n) is 4.51. The number of sulfone groups is 1. The molecule has 43 heavy (non-hydrogen) atoms. The van der Waals surface area contributed by atoms with E-state index in [1.807, 2.05) is 18.4 Å². The highest BCUT2D eigenvalue weighted by molar-refractivity contribution is 7.90. The van der Waals surface area contributed by atoms with Crippen LogP contribution in [0.15, 0.2) is 60.2 Å². The zero-order chi connectivity index (χ0) is 31.0. The summed E-state index contributed by atoms with van der Waals surface area (Å²) in [5.41, 5.74) is 3.36. The Morgan fingerprint density at radius 2 is 1.86 bits per heavy atom. The van der Waals surface area contributed by atoms with Crippen LogP contribution < -0.4 is 5.32 Å². The van der Waals surface area contributed by atoms with Gasteiger partial charge in [-0.3, -0.25) is 4.79 Å². The van der Waals surface area contributed by atoms with Crippen molar-refractivity contribution < 1.29 is 32.2 Å². The molecule has 1 amide bonds. The number of carbonyl (C=O) groups is 2. The average Bonchev–Trinajstić information content (AvgIpc) is 3.65. The van der Waals surface area contributed by atoms with Crippen LogP contribution in [0.5, 0.6) is 0 Å². The van der Waals surface area contributed by atoms with Gasteiger partial charge in [-0.15, -0.1) is 11.3 Å². The molecule has 3 N–H and O–H groups in total. The summed E-state index contributed by atoms with van der Waals surface area (Å²) in [6.45, 7) is 2.34. The molecule has 0 spiro atoms. The number of H-pyrrole nitrogens is 1. The van der Waals surface area contributed by atoms with Gasteiger partial charge >= 0.3 is 5.97 Å². The van der Waals surface area contributed by atoms with Gasteiger partial charge in [-0.25, -0.2) is 27.6 Å². The monoisotopic (exact) mass is 628 g/mol. The lowest BCUT2D eigenvalue weighted by molar-refractivity contribution is -0.139. The average molecular weight is 629 g/mol. The lowest BCUT2D eigenvalue weighted by atomic mass is 9.97. The molecule has 0 radical (unpaired) electrons. The van der Waals surface area contributed by atoms with Crippen LogP contribution in [-0.2, 0) is 38.8 Å². The maximum atomic E-state index is 13.4. The predicted octanol–water partition coefficient (Wildman–Crippen LogP) is 4.07. The number of carbonyl (C=O) groups excluding carboxylic acids is 1. The number of imidazole rings is 1. The number of rotatable bonds is 15. The van der Waals surface area contributed by atoms with E-state index in [0.717, 1.165) is 28.3 Å². The molecule has 0 fully saturated rings. The van der Waals surface area contributed by atoms with Crippen molar-refractivity contribution in [2.24, 2.45) is 0 Å². The Labute approximate surface area is 253 Å². The molecule has 0 saturated carbocycles. The zero-order valence-electron chi connectivity index (χ0n) is 23.7. The van der Waals surface area contributed by atoms with Gasteiger partial charge in [0.2, 0.25) is 0 Å². The van der Waals surface area contributed by atoms with Crippen LogP contribution in [0.25, 0.3) is 0 Å². The van der Waals surface area contributed by atoms with Gasteiger partial charge in [0.05, 0.1) is 24.9 Å². The third-order valence-electron chi connectivity index (χ3n) is 6.80. The van der Waals surface area contributed by atoms with Gasteiger partial charge < -0.3 is 20.1 Å². The number of nitrogens with zero attached hydrogens (tertiary/aromatic N) is 2. The summed E-state index contributed by atoms with van der Waals surface area (Å²) in [5, 5.41) is 14.9. The van der Waals surface area contributed by atoms with Crippen LogP contribution in [0.1, 0.15) is 55.9 Å². The molecule has 2 aromatic heterocycles. The molecule has 13 heteroatoms. The van der Waals surface area contributed by atoms with Gasteiger partial charge in [-0.05, 0) is 61.1 Å². The number of thiazole rings is 1. The second-order valence-electron chi connectivity index (χ2n) is 10.3. The molecule has 2 atom stereocenters. The van der Waals surface area contributed by atoms with E-state index < -0.39 is 27.8 Å². The minimum absolute atomic E-state index is 0.162. The summed E-state index contributed by atoms with van der Waals surface area (Å²) >= 11 is 1.51. The Balaban J connectivity index is 1.52. The van der Waals surface area contributed by atoms with E-state index >= 15 is 0 Å². The first kappa shape index (κ1) is 32.0. The molecule has 4 rings (SSSR count). The van der Waals surface area contributed by atoms with E-state index in [9.17, 15) is 27.5 Å². The van der Waals surface area contributed by atoms with Crippen molar-refractivity contribution in [3.63, 3.8) is 0 Å². The highest BCUT2D eigenvalue weighted by Crippen LogP contribution is 2.26. The minimum atomic E-state index is -3.43. The number of carboxylic acids is 1. The fraction of sp³-hybridized carbons (Fsp3) is 0.333. The van der Waals surface area contributed by atoms with Crippen molar-refractivity contribution in [3.8, 4) is 0 Å². The summed E-state index contributed by atoms with van der Waals surface area (Å²) in [4.78, 5) is 37.2. The molecule has 228 valence electrons. The quantitative estimate of drug-likeness (QED) is 0.178. The number of benzene rings is 2. The van der Waals surface area contributed by atoms with E-state index in [2.05, 4.69) is 20.3 Å². The molecule has 0 aliphatic rings. The molecule has 0 saturated heterocycles. The van der Waals surface area contributed by atoms with Gasteiger partial charge in [0.1, 0.15) is 32.5 Å². The van der Waals surface area contributed by atoms with Gasteiger partial charge in [0.15, 0.2) is 0 Å². The Kier molecular flexibility index (Phi) is 10.8. The molecule has 4 aromatic rings. The largest absolute Gasteiger partial charge is 0.480 e. The highest BCUT2D eigenvalue weighted by atomic mass is 32.2. The Morgan fingerprint density at radius 3 is 2.49 bits per heavy atom. The van der Waals surface area contributed by atoms with Crippen LogP contribution in [0.2, 0.25) is 0 Å². The highest BCUT2D eigenvalue weighted by Gasteiger charge is 2.24. The smallest absolute Gasteiger partial charge is 0.326 e. The van der Waals surface area contributed by atoms with Crippen molar-refractivity contribution in [2.45, 2.75) is 44.8 Å². The molecule has 0 bridgehead atoms. The standard InChI is InChI=1S/C30H33FN4O6S2/c1-19-33-16-27(34-19)25(29-32-12-13-42-29)18-41-17-21-4-8-22(7-3-20-5-9-23(31)10-6-20)24(15-21)28(36)35-26(30(37)38)11-14-43(2,39)40/h4-6,8-10,12-13,15-16,25-26H,3,7,11,14,17-18H2,1-2H3,(H,33,34)(H,35,36)(H,37,38)/t25?,26-/m0/s1. The molecule has 0 aliphatic carbocycles. The van der Waals surface area contributed by atoms with Crippen molar-refractivity contribution in [3.05, 3.63) is 105 Å². The van der Waals surface area contributed by atoms with Crippen LogP contribution in [-0.4, -0.2) is 65.0 Å². The van der Waals surface area contributed by atoms with Gasteiger partial charge in [-0.1, -0.05) is 24.3 Å². The van der Waals surface area contributed by atoms with E-state index in [1.54, 1.807) is 36.7 Å². The second-order valence-corrected chi connectivity index (χ2v) is 13.4. The summed E-state index contributed by atoms with van der Waals surface area (Å²) in [6.07, 6.45) is 5.18. The number of hydrogen-bond donors (Lipinski definition) is 3. The summed E-state index contributed by atoms with van der Waals surface area (Å²) in [5.74, 6) is -2.07. The normalized spacial score (nSPS) is 13.0. The first-order valence-electron chi connectivity index (χ1n) is 13.5. The number of nitrogens with one attached hydrogen (secondary N) is 2. The third kappa shape index (κ3) is 9.53. The van der Waals surface area contributed by atoms with E-state index in [1.165, 1.54) is 23.5 Å². The van der Waals surface area contributed by atoms with Gasteiger partial charge in [-0.2, -0.15) is 0 Å². The molecule has 2 aromatic carbocycles. The SMILES string of the molecule is Cc1ncc(C(COCc2ccc(CCc3ccc(F)cc3)c(C(=O)N[C@@H](CCS(C)(=O)=O)C(=O)O)c2)c2nccs2)[nH]1. The van der Waals surface area contributed by atoms with E-state index in [-0.39, 0.29) is 36.1 Å². The van der Waals surface area contributed by atoms with Gasteiger partial charge in [0, 0.05) is 35.3 Å². The number of ether oxygens (including phenoxy) is 1. The predicted molar refractivity (Wildman–Crippen MR) is 160 cm³/mol. The number of aromatic nitrogens is 3. The van der Waals surface area contributed by atoms with Crippen molar-refractivity contribution in [2.75, 3.05) is 18.6 Å². The summed E-state index contributed by atoms with van der Waals surface area (Å²) in [6, 6.07) is 9.98. The zero-order valence-corrected chi connectivity index (χ0v) is 25.4. The van der Waals surface area contributed by atoms with Crippen molar-refractivity contribution in [1.82, 2.24) is 20.3 Å². The lowest BCUT2D eigenvalue weighted by Gasteiger charge is -2.17. The number of aliphatic carboxylic acids is 1. The maximum Gasteiger partial charge on any atom is 0.326 e. The number of halogens is 1. The minimum Gasteiger partial charge on any atom is -0.480 e.